The molecule has 0 atom stereocenters. The number of hydrogen-bond donors (Lipinski definition) is 0. The molecule has 1 aromatic heterocycles. The summed E-state index contributed by atoms with van der Waals surface area (Å²) in [5.74, 6) is -0.589. The second-order valence-corrected chi connectivity index (χ2v) is 9.53. The third-order valence-electron chi connectivity index (χ3n) is 6.12. The molecular formula is C22H35N7O6. The molecule has 0 radical (unpaired) electrons. The molecule has 1 aromatic rings. The van der Waals surface area contributed by atoms with Gasteiger partial charge in [0.15, 0.2) is 0 Å². The predicted molar refractivity (Wildman–Crippen MR) is 129 cm³/mol. The van der Waals surface area contributed by atoms with Crippen molar-refractivity contribution in [2.24, 2.45) is 0 Å². The Hall–Kier alpha value is -3.22. The highest BCUT2D eigenvalue weighted by atomic mass is 16.6. The highest BCUT2D eigenvalue weighted by molar-refractivity contribution is 5.94. The number of carbonyl (C=O) groups is 2. The van der Waals surface area contributed by atoms with Gasteiger partial charge in [-0.3, -0.25) is 15.0 Å². The number of aromatic nitrogens is 2. The minimum Gasteiger partial charge on any atom is -0.464 e. The predicted octanol–water partition coefficient (Wildman–Crippen LogP) is 1.76. The average Bonchev–Trinajstić information content (AvgIpc) is 2.78. The van der Waals surface area contributed by atoms with Gasteiger partial charge in [-0.1, -0.05) is 13.8 Å². The number of ether oxygens (including phenoxy) is 2. The van der Waals surface area contributed by atoms with E-state index in [0.717, 1.165) is 20.2 Å². The summed E-state index contributed by atoms with van der Waals surface area (Å²) in [7, 11) is 1.16. The van der Waals surface area contributed by atoms with E-state index in [-0.39, 0.29) is 17.5 Å². The van der Waals surface area contributed by atoms with E-state index in [0.29, 0.717) is 45.3 Å². The van der Waals surface area contributed by atoms with Crippen LogP contribution in [0.2, 0.25) is 0 Å². The zero-order valence-corrected chi connectivity index (χ0v) is 21.3. The van der Waals surface area contributed by atoms with Crippen molar-refractivity contribution in [2.45, 2.75) is 46.3 Å². The molecule has 0 aliphatic carbocycles. The number of nitrogens with zero attached hydrogens (tertiary/aromatic N) is 7. The van der Waals surface area contributed by atoms with Crippen molar-refractivity contribution in [3.05, 3.63) is 15.8 Å². The molecule has 35 heavy (non-hydrogen) atoms. The first-order chi connectivity index (χ1) is 16.5. The Bertz CT molecular complexity index is 948. The number of nitro groups is 1. The molecule has 0 N–H and O–H groups in total. The number of rotatable bonds is 7. The molecule has 2 aliphatic rings. The molecule has 13 nitrogen and oxygen atoms in total. The van der Waals surface area contributed by atoms with Crippen LogP contribution in [0.25, 0.3) is 0 Å². The molecule has 2 aliphatic heterocycles. The third kappa shape index (κ3) is 5.89. The summed E-state index contributed by atoms with van der Waals surface area (Å²) >= 11 is 0. The summed E-state index contributed by atoms with van der Waals surface area (Å²) in [6.45, 7) is 13.9. The second-order valence-electron chi connectivity index (χ2n) is 9.53. The minimum atomic E-state index is -0.894. The Balaban J connectivity index is 1.87. The SMILES string of the molecule is CCN(CC)C1CN(c2nc(C(=O)OC)c([N+](=O)[O-])c(N3CCN(C(=O)OC(C)(C)C)CC3)n2)C1. The highest BCUT2D eigenvalue weighted by Crippen LogP contribution is 2.34. The van der Waals surface area contributed by atoms with E-state index in [2.05, 4.69) is 28.7 Å². The normalized spacial score (nSPS) is 16.8. The maximum absolute atomic E-state index is 12.5. The van der Waals surface area contributed by atoms with Crippen LogP contribution in [0.15, 0.2) is 0 Å². The largest absolute Gasteiger partial charge is 0.464 e. The van der Waals surface area contributed by atoms with Crippen LogP contribution >= 0.6 is 0 Å². The van der Waals surface area contributed by atoms with E-state index in [1.54, 1.807) is 30.6 Å². The molecule has 2 saturated heterocycles. The number of esters is 1. The van der Waals surface area contributed by atoms with Gasteiger partial charge in [0.25, 0.3) is 0 Å². The number of amides is 1. The Morgan fingerprint density at radius 1 is 1.09 bits per heavy atom. The van der Waals surface area contributed by atoms with Crippen molar-refractivity contribution >= 4 is 29.5 Å². The van der Waals surface area contributed by atoms with Crippen molar-refractivity contribution in [3.63, 3.8) is 0 Å². The van der Waals surface area contributed by atoms with Gasteiger partial charge in [-0.15, -0.1) is 0 Å². The highest BCUT2D eigenvalue weighted by Gasteiger charge is 2.38. The minimum absolute atomic E-state index is 0.0514. The third-order valence-corrected chi connectivity index (χ3v) is 6.12. The Kier molecular flexibility index (Phi) is 7.98. The zero-order valence-electron chi connectivity index (χ0n) is 21.3. The molecule has 2 fully saturated rings. The van der Waals surface area contributed by atoms with E-state index in [9.17, 15) is 19.7 Å². The van der Waals surface area contributed by atoms with Crippen LogP contribution in [-0.2, 0) is 9.47 Å². The van der Waals surface area contributed by atoms with E-state index in [1.165, 1.54) is 0 Å². The van der Waals surface area contributed by atoms with Gasteiger partial charge in [0.1, 0.15) is 5.60 Å². The first-order valence-electron chi connectivity index (χ1n) is 11.9. The van der Waals surface area contributed by atoms with E-state index < -0.39 is 28.3 Å². The van der Waals surface area contributed by atoms with Crippen LogP contribution in [0.5, 0.6) is 0 Å². The number of likely N-dealkylation sites (N-methyl/N-ethyl adjacent to an activating group) is 1. The number of hydrogen-bond acceptors (Lipinski definition) is 11. The van der Waals surface area contributed by atoms with Crippen LogP contribution in [0.3, 0.4) is 0 Å². The van der Waals surface area contributed by atoms with E-state index in [1.807, 2.05) is 4.90 Å². The van der Waals surface area contributed by atoms with Crippen LogP contribution in [-0.4, -0.2) is 108 Å². The Labute approximate surface area is 205 Å². The molecule has 13 heteroatoms. The summed E-state index contributed by atoms with van der Waals surface area (Å²) in [4.78, 5) is 52.5. The average molecular weight is 494 g/mol. The lowest BCUT2D eigenvalue weighted by Gasteiger charge is -2.45. The van der Waals surface area contributed by atoms with Crippen LogP contribution in [0.4, 0.5) is 22.2 Å². The Morgan fingerprint density at radius 2 is 1.69 bits per heavy atom. The van der Waals surface area contributed by atoms with Gasteiger partial charge < -0.3 is 24.2 Å². The summed E-state index contributed by atoms with van der Waals surface area (Å²) < 4.78 is 10.2. The van der Waals surface area contributed by atoms with Gasteiger partial charge in [0, 0.05) is 45.3 Å². The smallest absolute Gasteiger partial charge is 0.410 e. The summed E-state index contributed by atoms with van der Waals surface area (Å²) in [6.07, 6.45) is -0.437. The van der Waals surface area contributed by atoms with Crippen molar-refractivity contribution in [3.8, 4) is 0 Å². The molecule has 0 bridgehead atoms. The fraction of sp³-hybridized carbons (Fsp3) is 0.727. The molecule has 0 unspecified atom stereocenters. The van der Waals surface area contributed by atoms with Crippen molar-refractivity contribution < 1.29 is 24.0 Å². The van der Waals surface area contributed by atoms with Crippen molar-refractivity contribution in [1.29, 1.82) is 0 Å². The molecular weight excluding hydrogens is 458 g/mol. The van der Waals surface area contributed by atoms with E-state index >= 15 is 0 Å². The number of anilines is 2. The van der Waals surface area contributed by atoms with Gasteiger partial charge in [-0.25, -0.2) is 9.59 Å². The van der Waals surface area contributed by atoms with Crippen LogP contribution in [0, 0.1) is 10.1 Å². The fourth-order valence-corrected chi connectivity index (χ4v) is 4.22. The lowest BCUT2D eigenvalue weighted by Crippen LogP contribution is -2.60. The first-order valence-corrected chi connectivity index (χ1v) is 11.9. The van der Waals surface area contributed by atoms with Gasteiger partial charge in [0.05, 0.1) is 12.0 Å². The lowest BCUT2D eigenvalue weighted by atomic mass is 10.1. The number of piperazine rings is 1. The van der Waals surface area contributed by atoms with E-state index in [4.69, 9.17) is 9.47 Å². The van der Waals surface area contributed by atoms with Gasteiger partial charge in [0.2, 0.25) is 17.5 Å². The molecule has 1 amide bonds. The first kappa shape index (κ1) is 26.4. The van der Waals surface area contributed by atoms with Gasteiger partial charge >= 0.3 is 17.7 Å². The summed E-state index contributed by atoms with van der Waals surface area (Å²) in [5.41, 5.74) is -1.49. The zero-order chi connectivity index (χ0) is 25.9. The standard InChI is InChI=1S/C22H35N7O6/c1-7-25(8-2)15-13-28(14-15)20-23-16(19(30)34-6)17(29(32)33)18(24-20)26-9-11-27(12-10-26)21(31)35-22(3,4)5/h15H,7-14H2,1-6H3. The van der Waals surface area contributed by atoms with Gasteiger partial charge in [-0.05, 0) is 33.9 Å². The topological polar surface area (TPSA) is 134 Å². The maximum Gasteiger partial charge on any atom is 0.410 e. The van der Waals surface area contributed by atoms with Gasteiger partial charge in [-0.2, -0.15) is 9.97 Å². The van der Waals surface area contributed by atoms with Crippen molar-refractivity contribution in [2.75, 3.05) is 69.3 Å². The maximum atomic E-state index is 12.5. The van der Waals surface area contributed by atoms with Crippen LogP contribution in [0.1, 0.15) is 45.1 Å². The summed E-state index contributed by atoms with van der Waals surface area (Å²) in [6, 6.07) is 0.325. The monoisotopic (exact) mass is 493 g/mol. The molecule has 0 saturated carbocycles. The summed E-state index contributed by atoms with van der Waals surface area (Å²) in [5, 5.41) is 12.0. The molecule has 0 spiro atoms. The lowest BCUT2D eigenvalue weighted by molar-refractivity contribution is -0.385. The second kappa shape index (κ2) is 10.6. The Morgan fingerprint density at radius 3 is 2.17 bits per heavy atom. The fourth-order valence-electron chi connectivity index (χ4n) is 4.22. The molecule has 3 heterocycles. The van der Waals surface area contributed by atoms with Crippen molar-refractivity contribution in [1.82, 2.24) is 19.8 Å². The molecule has 0 aromatic carbocycles. The number of carbonyl (C=O) groups excluding carboxylic acids is 2. The van der Waals surface area contributed by atoms with Crippen LogP contribution < -0.4 is 9.80 Å². The molecule has 3 rings (SSSR count). The number of methoxy groups -OCH3 is 1. The molecule has 194 valence electrons. The quantitative estimate of drug-likeness (QED) is 0.312.